The summed E-state index contributed by atoms with van der Waals surface area (Å²) in [6, 6.07) is 0. The highest BCUT2D eigenvalue weighted by molar-refractivity contribution is 5.23. The number of hydrogen-bond acceptors (Lipinski definition) is 0. The van der Waals surface area contributed by atoms with Crippen LogP contribution in [0.5, 0.6) is 0 Å². The average molecular weight is 138 g/mol. The molecule has 2 saturated carbocycles. The van der Waals surface area contributed by atoms with Gasteiger partial charge in [0.15, 0.2) is 0 Å². The van der Waals surface area contributed by atoms with Crippen LogP contribution in [0.15, 0.2) is 0 Å². The van der Waals surface area contributed by atoms with E-state index in [0.29, 0.717) is 5.41 Å². The van der Waals surface area contributed by atoms with Crippen molar-refractivity contribution in [3.63, 3.8) is 0 Å². The number of hydrogen-bond donors (Lipinski definition) is 0. The molecule has 0 nitrogen and oxygen atoms in total. The molecule has 0 aromatic heterocycles. The Kier molecular flexibility index (Phi) is 0.874. The van der Waals surface area contributed by atoms with E-state index < -0.39 is 0 Å². The second-order valence-electron chi connectivity index (χ2n) is 5.57. The van der Waals surface area contributed by atoms with Crippen LogP contribution in [0.3, 0.4) is 0 Å². The molecular formula is C10H18. The van der Waals surface area contributed by atoms with Crippen molar-refractivity contribution in [2.45, 2.75) is 47.0 Å². The maximum absolute atomic E-state index is 2.46. The molecule has 0 saturated heterocycles. The van der Waals surface area contributed by atoms with Crippen molar-refractivity contribution in [3.8, 4) is 0 Å². The highest BCUT2D eigenvalue weighted by atomic mass is 14.8. The van der Waals surface area contributed by atoms with Gasteiger partial charge in [-0.2, -0.15) is 0 Å². The third-order valence-electron chi connectivity index (χ3n) is 4.26. The van der Waals surface area contributed by atoms with Crippen LogP contribution in [0.25, 0.3) is 0 Å². The predicted molar refractivity (Wildman–Crippen MR) is 43.8 cm³/mol. The second kappa shape index (κ2) is 1.31. The van der Waals surface area contributed by atoms with Crippen LogP contribution < -0.4 is 0 Å². The SMILES string of the molecule is CC(C)(C)[C@]12CC[C@@]1(C)C2. The Morgan fingerprint density at radius 2 is 1.70 bits per heavy atom. The second-order valence-corrected chi connectivity index (χ2v) is 5.57. The summed E-state index contributed by atoms with van der Waals surface area (Å²) in [5, 5.41) is 0. The van der Waals surface area contributed by atoms with Gasteiger partial charge in [0.25, 0.3) is 0 Å². The maximum Gasteiger partial charge on any atom is -0.0189 e. The Morgan fingerprint density at radius 3 is 1.70 bits per heavy atom. The Balaban J connectivity index is 2.23. The first-order valence-corrected chi connectivity index (χ1v) is 4.41. The van der Waals surface area contributed by atoms with E-state index in [2.05, 4.69) is 27.7 Å². The van der Waals surface area contributed by atoms with Gasteiger partial charge in [0, 0.05) is 0 Å². The molecule has 0 heteroatoms. The zero-order chi connectivity index (χ0) is 7.62. The summed E-state index contributed by atoms with van der Waals surface area (Å²) in [6.07, 6.45) is 4.49. The van der Waals surface area contributed by atoms with Gasteiger partial charge in [-0.1, -0.05) is 27.7 Å². The molecule has 2 aliphatic rings. The van der Waals surface area contributed by atoms with Crippen molar-refractivity contribution in [2.24, 2.45) is 16.2 Å². The van der Waals surface area contributed by atoms with Crippen LogP contribution in [0, 0.1) is 16.2 Å². The lowest BCUT2D eigenvalue weighted by atomic mass is 9.62. The molecule has 10 heavy (non-hydrogen) atoms. The van der Waals surface area contributed by atoms with E-state index in [1.54, 1.807) is 0 Å². The van der Waals surface area contributed by atoms with E-state index in [1.165, 1.54) is 19.3 Å². The Bertz CT molecular complexity index is 175. The summed E-state index contributed by atoms with van der Waals surface area (Å²) in [4.78, 5) is 0. The van der Waals surface area contributed by atoms with Gasteiger partial charge in [0.2, 0.25) is 0 Å². The van der Waals surface area contributed by atoms with Crippen molar-refractivity contribution in [3.05, 3.63) is 0 Å². The van der Waals surface area contributed by atoms with Crippen molar-refractivity contribution in [1.29, 1.82) is 0 Å². The van der Waals surface area contributed by atoms with Gasteiger partial charge in [-0.3, -0.25) is 0 Å². The fourth-order valence-corrected chi connectivity index (χ4v) is 3.20. The fraction of sp³-hybridized carbons (Fsp3) is 1.00. The first-order chi connectivity index (χ1) is 4.41. The molecule has 0 aliphatic heterocycles. The lowest BCUT2D eigenvalue weighted by Crippen LogP contribution is -2.34. The summed E-state index contributed by atoms with van der Waals surface area (Å²) in [5.41, 5.74) is 2.10. The molecule has 2 rings (SSSR count). The van der Waals surface area contributed by atoms with Crippen molar-refractivity contribution < 1.29 is 0 Å². The first kappa shape index (κ1) is 6.69. The summed E-state index contributed by atoms with van der Waals surface area (Å²) < 4.78 is 0. The molecular weight excluding hydrogens is 120 g/mol. The molecule has 0 amide bonds. The fourth-order valence-electron chi connectivity index (χ4n) is 3.20. The zero-order valence-corrected chi connectivity index (χ0v) is 7.62. The molecule has 0 heterocycles. The standard InChI is InChI=1S/C10H18/c1-8(2,3)10-6-5-9(10,4)7-10/h5-7H2,1-4H3/t9-,10+/m0/s1. The van der Waals surface area contributed by atoms with E-state index in [1.807, 2.05) is 0 Å². The summed E-state index contributed by atoms with van der Waals surface area (Å²) in [6.45, 7) is 9.66. The highest BCUT2D eigenvalue weighted by Gasteiger charge is 2.74. The van der Waals surface area contributed by atoms with E-state index in [-0.39, 0.29) is 0 Å². The largest absolute Gasteiger partial charge is 0.0596 e. The van der Waals surface area contributed by atoms with Crippen LogP contribution >= 0.6 is 0 Å². The Hall–Kier alpha value is 0. The normalized spacial score (nSPS) is 51.6. The molecule has 2 aliphatic carbocycles. The zero-order valence-electron chi connectivity index (χ0n) is 7.62. The van der Waals surface area contributed by atoms with E-state index in [0.717, 1.165) is 10.8 Å². The minimum absolute atomic E-state index is 0.569. The van der Waals surface area contributed by atoms with Crippen molar-refractivity contribution in [1.82, 2.24) is 0 Å². The van der Waals surface area contributed by atoms with E-state index >= 15 is 0 Å². The van der Waals surface area contributed by atoms with Crippen molar-refractivity contribution >= 4 is 0 Å². The van der Waals surface area contributed by atoms with E-state index in [4.69, 9.17) is 0 Å². The molecule has 0 unspecified atom stereocenters. The lowest BCUT2D eigenvalue weighted by molar-refractivity contribution is 0.0638. The van der Waals surface area contributed by atoms with Gasteiger partial charge in [-0.05, 0) is 35.5 Å². The Morgan fingerprint density at radius 1 is 1.10 bits per heavy atom. The van der Waals surface area contributed by atoms with Crippen LogP contribution in [0.4, 0.5) is 0 Å². The summed E-state index contributed by atoms with van der Waals surface area (Å²) in [5.74, 6) is 0. The summed E-state index contributed by atoms with van der Waals surface area (Å²) >= 11 is 0. The lowest BCUT2D eigenvalue weighted by Gasteiger charge is -2.43. The van der Waals surface area contributed by atoms with Gasteiger partial charge in [0.1, 0.15) is 0 Å². The van der Waals surface area contributed by atoms with Gasteiger partial charge >= 0.3 is 0 Å². The average Bonchev–Trinajstić information content (AvgIpc) is 2.12. The molecule has 58 valence electrons. The van der Waals surface area contributed by atoms with Gasteiger partial charge in [0.05, 0.1) is 0 Å². The predicted octanol–water partition coefficient (Wildman–Crippen LogP) is 3.22. The van der Waals surface area contributed by atoms with Crippen LogP contribution in [0.2, 0.25) is 0 Å². The van der Waals surface area contributed by atoms with Crippen LogP contribution in [-0.4, -0.2) is 0 Å². The molecule has 2 fully saturated rings. The third kappa shape index (κ3) is 0.466. The van der Waals surface area contributed by atoms with Crippen LogP contribution in [-0.2, 0) is 0 Å². The maximum atomic E-state index is 2.46. The molecule has 2 atom stereocenters. The molecule has 0 N–H and O–H groups in total. The minimum atomic E-state index is 0.569. The molecule has 0 aromatic rings. The van der Waals surface area contributed by atoms with Crippen LogP contribution in [0.1, 0.15) is 47.0 Å². The van der Waals surface area contributed by atoms with Gasteiger partial charge in [-0.25, -0.2) is 0 Å². The molecule has 0 radical (unpaired) electrons. The van der Waals surface area contributed by atoms with Gasteiger partial charge in [-0.15, -0.1) is 0 Å². The molecule has 0 bridgehead atoms. The monoisotopic (exact) mass is 138 g/mol. The van der Waals surface area contributed by atoms with Gasteiger partial charge < -0.3 is 0 Å². The molecule has 0 aromatic carbocycles. The third-order valence-corrected chi connectivity index (χ3v) is 4.26. The number of fused-ring (bicyclic) bond motifs is 1. The number of rotatable bonds is 0. The highest BCUT2D eigenvalue weighted by Crippen LogP contribution is 2.83. The quantitative estimate of drug-likeness (QED) is 0.482. The first-order valence-electron chi connectivity index (χ1n) is 4.41. The van der Waals surface area contributed by atoms with E-state index in [9.17, 15) is 0 Å². The summed E-state index contributed by atoms with van der Waals surface area (Å²) in [7, 11) is 0. The van der Waals surface area contributed by atoms with Crippen molar-refractivity contribution in [2.75, 3.05) is 0 Å². The molecule has 0 spiro atoms. The topological polar surface area (TPSA) is 0 Å². The smallest absolute Gasteiger partial charge is 0.0189 e. The Labute approximate surface area is 64.0 Å². The minimum Gasteiger partial charge on any atom is -0.0596 e.